The van der Waals surface area contributed by atoms with Gasteiger partial charge in [0.05, 0.1) is 10.9 Å². The fourth-order valence-corrected chi connectivity index (χ4v) is 3.93. The molecule has 1 amide bonds. The van der Waals surface area contributed by atoms with Crippen LogP contribution in [0, 0.1) is 11.8 Å². The van der Waals surface area contributed by atoms with Gasteiger partial charge in [-0.1, -0.05) is 32.0 Å². The van der Waals surface area contributed by atoms with E-state index in [0.29, 0.717) is 0 Å². The molecule has 1 heterocycles. The van der Waals surface area contributed by atoms with Crippen molar-refractivity contribution in [3.8, 4) is 0 Å². The van der Waals surface area contributed by atoms with Gasteiger partial charge in [0.15, 0.2) is 5.78 Å². The van der Waals surface area contributed by atoms with E-state index in [4.69, 9.17) is 0 Å². The molecular formula is C16H21N3O5S. The number of nitrogens with one attached hydrogen (secondary N) is 3. The van der Waals surface area contributed by atoms with Gasteiger partial charge in [0, 0.05) is 18.9 Å². The highest BCUT2D eigenvalue weighted by Gasteiger charge is 2.35. The number of rotatable bonds is 7. The molecule has 8 nitrogen and oxygen atoms in total. The predicted octanol–water partition coefficient (Wildman–Crippen LogP) is -0.232. The summed E-state index contributed by atoms with van der Waals surface area (Å²) in [6, 6.07) is 6.75. The number of hydrazine groups is 1. The Kier molecular flexibility index (Phi) is 6.04. The van der Waals surface area contributed by atoms with Gasteiger partial charge in [0.1, 0.15) is 0 Å². The zero-order valence-corrected chi connectivity index (χ0v) is 14.8. The number of amides is 1. The zero-order chi connectivity index (χ0) is 18.6. The summed E-state index contributed by atoms with van der Waals surface area (Å²) in [6.07, 6.45) is -0.209. The molecule has 0 saturated carbocycles. The minimum Gasteiger partial charge on any atom is -0.298 e. The van der Waals surface area contributed by atoms with E-state index in [-0.39, 0.29) is 23.8 Å². The molecule has 136 valence electrons. The molecule has 1 aromatic rings. The van der Waals surface area contributed by atoms with Gasteiger partial charge in [-0.15, -0.1) is 0 Å². The summed E-state index contributed by atoms with van der Waals surface area (Å²) < 4.78 is 27.3. The van der Waals surface area contributed by atoms with E-state index in [9.17, 15) is 22.8 Å². The molecule has 0 aliphatic carbocycles. The van der Waals surface area contributed by atoms with Gasteiger partial charge in [-0.3, -0.25) is 19.8 Å². The number of hydrogen-bond acceptors (Lipinski definition) is 6. The maximum absolute atomic E-state index is 12.6. The number of Topliss-reactive ketones (excluding diaryl/α,β-unsaturated/α-hetero) is 2. The zero-order valence-electron chi connectivity index (χ0n) is 14.0. The molecule has 2 atom stereocenters. The first-order valence-corrected chi connectivity index (χ1v) is 9.38. The van der Waals surface area contributed by atoms with Crippen molar-refractivity contribution in [3.05, 3.63) is 30.3 Å². The lowest BCUT2D eigenvalue weighted by atomic mass is 9.90. The smallest absolute Gasteiger partial charge is 0.298 e. The summed E-state index contributed by atoms with van der Waals surface area (Å²) in [5.41, 5.74) is 4.74. The van der Waals surface area contributed by atoms with Crippen molar-refractivity contribution in [1.29, 1.82) is 0 Å². The summed E-state index contributed by atoms with van der Waals surface area (Å²) in [5, 5.41) is 0. The summed E-state index contributed by atoms with van der Waals surface area (Å²) in [6.45, 7) is 3.56. The van der Waals surface area contributed by atoms with Crippen LogP contribution in [-0.2, 0) is 24.4 Å². The van der Waals surface area contributed by atoms with Gasteiger partial charge in [-0.2, -0.15) is 0 Å². The summed E-state index contributed by atoms with van der Waals surface area (Å²) >= 11 is 0. The number of carbonyl (C=O) groups excluding carboxylic acids is 3. The minimum absolute atomic E-state index is 0.0586. The minimum atomic E-state index is -3.87. The van der Waals surface area contributed by atoms with E-state index >= 15 is 0 Å². The van der Waals surface area contributed by atoms with Gasteiger partial charge in [0.2, 0.25) is 15.8 Å². The largest absolute Gasteiger partial charge is 0.301 e. The van der Waals surface area contributed by atoms with Gasteiger partial charge < -0.3 is 0 Å². The van der Waals surface area contributed by atoms with Crippen LogP contribution in [-0.4, -0.2) is 38.5 Å². The monoisotopic (exact) mass is 367 g/mol. The van der Waals surface area contributed by atoms with Gasteiger partial charge in [0.25, 0.3) is 0 Å². The first kappa shape index (κ1) is 19.2. The number of benzene rings is 1. The van der Waals surface area contributed by atoms with Crippen molar-refractivity contribution in [2.45, 2.75) is 31.2 Å². The summed E-state index contributed by atoms with van der Waals surface area (Å²) in [4.78, 5) is 35.8. The standard InChI is InChI=1S/C16H21N3O5S/c1-10(2)14(19-25(23,24)12-6-4-3-5-7-12)13(20)8-11-9-17-18-16(22)15(11)21/h3-7,10-11,14,17,19H,8-9H2,1-2H3,(H,18,22). The van der Waals surface area contributed by atoms with Crippen LogP contribution >= 0.6 is 0 Å². The first-order valence-electron chi connectivity index (χ1n) is 7.89. The van der Waals surface area contributed by atoms with E-state index < -0.39 is 39.5 Å². The Hall–Kier alpha value is -2.10. The molecule has 1 fully saturated rings. The van der Waals surface area contributed by atoms with E-state index in [1.54, 1.807) is 32.0 Å². The predicted molar refractivity (Wildman–Crippen MR) is 89.7 cm³/mol. The van der Waals surface area contributed by atoms with Crippen molar-refractivity contribution >= 4 is 27.5 Å². The van der Waals surface area contributed by atoms with Crippen molar-refractivity contribution in [3.63, 3.8) is 0 Å². The van der Waals surface area contributed by atoms with E-state index in [1.165, 1.54) is 12.1 Å². The van der Waals surface area contributed by atoms with Crippen LogP contribution in [0.4, 0.5) is 0 Å². The normalized spacial score (nSPS) is 19.6. The van der Waals surface area contributed by atoms with Gasteiger partial charge in [-0.25, -0.2) is 18.6 Å². The molecule has 1 aromatic carbocycles. The van der Waals surface area contributed by atoms with E-state index in [1.807, 2.05) is 0 Å². The SMILES string of the molecule is CC(C)C(NS(=O)(=O)c1ccccc1)C(=O)CC1CNNC(=O)C1=O. The number of carbonyl (C=O) groups is 3. The van der Waals surface area contributed by atoms with Crippen LogP contribution in [0.2, 0.25) is 0 Å². The molecular weight excluding hydrogens is 346 g/mol. The molecule has 1 saturated heterocycles. The summed E-state index contributed by atoms with van der Waals surface area (Å²) in [7, 11) is -3.87. The van der Waals surface area contributed by atoms with Crippen LogP contribution in [0.15, 0.2) is 35.2 Å². The Morgan fingerprint density at radius 1 is 1.24 bits per heavy atom. The molecule has 0 spiro atoms. The lowest BCUT2D eigenvalue weighted by molar-refractivity contribution is -0.144. The second kappa shape index (κ2) is 7.85. The highest BCUT2D eigenvalue weighted by Crippen LogP contribution is 2.16. The maximum atomic E-state index is 12.6. The highest BCUT2D eigenvalue weighted by atomic mass is 32.2. The Labute approximate surface area is 146 Å². The Bertz CT molecular complexity index is 761. The van der Waals surface area contributed by atoms with Crippen LogP contribution in [0.25, 0.3) is 0 Å². The molecule has 25 heavy (non-hydrogen) atoms. The second-order valence-electron chi connectivity index (χ2n) is 6.22. The average molecular weight is 367 g/mol. The third kappa shape index (κ3) is 4.71. The quantitative estimate of drug-likeness (QED) is 0.572. The number of sulfonamides is 1. The average Bonchev–Trinajstić information content (AvgIpc) is 2.57. The highest BCUT2D eigenvalue weighted by molar-refractivity contribution is 7.89. The molecule has 1 aliphatic rings. The fourth-order valence-electron chi connectivity index (χ4n) is 2.54. The van der Waals surface area contributed by atoms with Crippen LogP contribution < -0.4 is 15.6 Å². The van der Waals surface area contributed by atoms with E-state index in [2.05, 4.69) is 15.6 Å². The topological polar surface area (TPSA) is 121 Å². The maximum Gasteiger partial charge on any atom is 0.301 e. The molecule has 9 heteroatoms. The van der Waals surface area contributed by atoms with Gasteiger partial charge in [-0.05, 0) is 18.1 Å². The van der Waals surface area contributed by atoms with Crippen LogP contribution in [0.3, 0.4) is 0 Å². The van der Waals surface area contributed by atoms with Crippen molar-refractivity contribution in [2.24, 2.45) is 11.8 Å². The molecule has 2 unspecified atom stereocenters. The van der Waals surface area contributed by atoms with Gasteiger partial charge >= 0.3 is 5.91 Å². The first-order chi connectivity index (χ1) is 11.7. The second-order valence-corrected chi connectivity index (χ2v) is 7.94. The third-order valence-corrected chi connectivity index (χ3v) is 5.40. The molecule has 3 N–H and O–H groups in total. The van der Waals surface area contributed by atoms with Crippen LogP contribution in [0.1, 0.15) is 20.3 Å². The molecule has 2 rings (SSSR count). The number of hydrogen-bond donors (Lipinski definition) is 3. The Morgan fingerprint density at radius 3 is 2.48 bits per heavy atom. The van der Waals surface area contributed by atoms with Crippen molar-refractivity contribution in [1.82, 2.24) is 15.6 Å². The van der Waals surface area contributed by atoms with Crippen molar-refractivity contribution in [2.75, 3.05) is 6.54 Å². The molecule has 0 aromatic heterocycles. The molecule has 0 radical (unpaired) electrons. The molecule has 0 bridgehead atoms. The fraction of sp³-hybridized carbons (Fsp3) is 0.438. The lowest BCUT2D eigenvalue weighted by Gasteiger charge is -2.25. The lowest BCUT2D eigenvalue weighted by Crippen LogP contribution is -2.54. The van der Waals surface area contributed by atoms with Crippen molar-refractivity contribution < 1.29 is 22.8 Å². The Balaban J connectivity index is 2.13. The number of ketones is 2. The Morgan fingerprint density at radius 2 is 1.88 bits per heavy atom. The van der Waals surface area contributed by atoms with E-state index in [0.717, 1.165) is 0 Å². The third-order valence-electron chi connectivity index (χ3n) is 3.94. The van der Waals surface area contributed by atoms with Crippen LogP contribution in [0.5, 0.6) is 0 Å². The summed E-state index contributed by atoms with van der Waals surface area (Å²) in [5.74, 6) is -3.02. The molecule has 1 aliphatic heterocycles.